The molecule has 0 aliphatic heterocycles. The van der Waals surface area contributed by atoms with Crippen LogP contribution < -0.4 is 4.90 Å². The van der Waals surface area contributed by atoms with Gasteiger partial charge in [0.05, 0.1) is 9.85 Å². The van der Waals surface area contributed by atoms with Crippen LogP contribution in [0.1, 0.15) is 22.8 Å². The third kappa shape index (κ3) is 4.38. The van der Waals surface area contributed by atoms with Crippen molar-refractivity contribution < 1.29 is 14.2 Å². The van der Waals surface area contributed by atoms with Crippen LogP contribution in [0, 0.1) is 39.9 Å². The summed E-state index contributed by atoms with van der Waals surface area (Å²) in [4.78, 5) is 23.4. The number of hydrogen-bond donors (Lipinski definition) is 0. The Kier molecular flexibility index (Phi) is 6.14. The standard InChI is InChI=1S/C20H20FN7O4/c1-13-19(27(29)30)17(24(3)22-13)9-11-26(16-7-5-15(21)6-8-16)12-10-18-20(28(31)32)14(2)23-25(18)4/h5-12H,1-4H3/b11-9+,12-10+. The molecule has 0 bridgehead atoms. The van der Waals surface area contributed by atoms with Crippen molar-refractivity contribution in [3.8, 4) is 0 Å². The van der Waals surface area contributed by atoms with Crippen LogP contribution in [0.2, 0.25) is 0 Å². The van der Waals surface area contributed by atoms with E-state index in [2.05, 4.69) is 10.2 Å². The van der Waals surface area contributed by atoms with Gasteiger partial charge >= 0.3 is 11.4 Å². The van der Waals surface area contributed by atoms with Crippen molar-refractivity contribution in [3.63, 3.8) is 0 Å². The van der Waals surface area contributed by atoms with Gasteiger partial charge in [-0.25, -0.2) is 4.39 Å². The fourth-order valence-electron chi connectivity index (χ4n) is 3.29. The first-order valence-electron chi connectivity index (χ1n) is 9.36. The highest BCUT2D eigenvalue weighted by Crippen LogP contribution is 2.27. The monoisotopic (exact) mass is 441 g/mol. The number of nitrogens with zero attached hydrogens (tertiary/aromatic N) is 7. The molecular formula is C20H20FN7O4. The van der Waals surface area contributed by atoms with Gasteiger partial charge in [0.15, 0.2) is 0 Å². The molecule has 0 spiro atoms. The van der Waals surface area contributed by atoms with Crippen molar-refractivity contribution in [1.82, 2.24) is 19.6 Å². The van der Waals surface area contributed by atoms with Gasteiger partial charge in [-0.2, -0.15) is 10.2 Å². The fraction of sp³-hybridized carbons (Fsp3) is 0.200. The summed E-state index contributed by atoms with van der Waals surface area (Å²) in [6.45, 7) is 3.08. The van der Waals surface area contributed by atoms with Crippen molar-refractivity contribution in [3.05, 3.63) is 85.5 Å². The lowest BCUT2D eigenvalue weighted by Gasteiger charge is -2.15. The first-order valence-corrected chi connectivity index (χ1v) is 9.36. The van der Waals surface area contributed by atoms with E-state index >= 15 is 0 Å². The topological polar surface area (TPSA) is 125 Å². The molecule has 11 nitrogen and oxygen atoms in total. The highest BCUT2D eigenvalue weighted by molar-refractivity contribution is 5.67. The molecule has 0 radical (unpaired) electrons. The molecular weight excluding hydrogens is 421 g/mol. The Hall–Kier alpha value is -4.35. The van der Waals surface area contributed by atoms with E-state index in [0.717, 1.165) is 0 Å². The van der Waals surface area contributed by atoms with Crippen molar-refractivity contribution in [1.29, 1.82) is 0 Å². The van der Waals surface area contributed by atoms with Gasteiger partial charge < -0.3 is 4.90 Å². The fourth-order valence-corrected chi connectivity index (χ4v) is 3.29. The molecule has 0 unspecified atom stereocenters. The summed E-state index contributed by atoms with van der Waals surface area (Å²) in [6, 6.07) is 5.54. The largest absolute Gasteiger partial charge is 0.324 e. The van der Waals surface area contributed by atoms with E-state index in [0.29, 0.717) is 5.69 Å². The second-order valence-corrected chi connectivity index (χ2v) is 6.92. The van der Waals surface area contributed by atoms with Crippen molar-refractivity contribution in [2.24, 2.45) is 14.1 Å². The summed E-state index contributed by atoms with van der Waals surface area (Å²) in [5.74, 6) is -0.433. The maximum Gasteiger partial charge on any atom is 0.317 e. The molecule has 2 aromatic heterocycles. The lowest BCUT2D eigenvalue weighted by molar-refractivity contribution is -0.385. The molecule has 0 fully saturated rings. The van der Waals surface area contributed by atoms with E-state index in [1.165, 1.54) is 72.0 Å². The molecule has 0 aliphatic carbocycles. The van der Waals surface area contributed by atoms with Crippen LogP contribution in [0.5, 0.6) is 0 Å². The predicted octanol–water partition coefficient (Wildman–Crippen LogP) is 3.87. The predicted molar refractivity (Wildman–Crippen MR) is 116 cm³/mol. The highest BCUT2D eigenvalue weighted by Gasteiger charge is 2.23. The van der Waals surface area contributed by atoms with Crippen LogP contribution in [0.15, 0.2) is 36.7 Å². The average Bonchev–Trinajstić information content (AvgIpc) is 3.16. The van der Waals surface area contributed by atoms with E-state index in [-0.39, 0.29) is 34.2 Å². The van der Waals surface area contributed by atoms with Gasteiger partial charge in [-0.15, -0.1) is 0 Å². The van der Waals surface area contributed by atoms with Gasteiger partial charge in [0.2, 0.25) is 0 Å². The summed E-state index contributed by atoms with van der Waals surface area (Å²) in [7, 11) is 3.17. The van der Waals surface area contributed by atoms with Crippen LogP contribution in [0.25, 0.3) is 12.2 Å². The van der Waals surface area contributed by atoms with Gasteiger partial charge in [0.1, 0.15) is 28.6 Å². The highest BCUT2D eigenvalue weighted by atomic mass is 19.1. The maximum atomic E-state index is 13.4. The first kappa shape index (κ1) is 22.3. The summed E-state index contributed by atoms with van der Waals surface area (Å²) < 4.78 is 16.2. The normalized spacial score (nSPS) is 11.5. The number of anilines is 1. The molecule has 3 rings (SSSR count). The minimum Gasteiger partial charge on any atom is -0.324 e. The summed E-state index contributed by atoms with van der Waals surface area (Å²) in [5, 5.41) is 31.0. The number of benzene rings is 1. The van der Waals surface area contributed by atoms with Gasteiger partial charge in [0.25, 0.3) is 0 Å². The van der Waals surface area contributed by atoms with E-state index in [1.54, 1.807) is 19.0 Å². The minimum atomic E-state index is -0.512. The van der Waals surface area contributed by atoms with Crippen LogP contribution >= 0.6 is 0 Å². The van der Waals surface area contributed by atoms with Crippen molar-refractivity contribution in [2.45, 2.75) is 13.8 Å². The first-order chi connectivity index (χ1) is 15.1. The zero-order valence-electron chi connectivity index (χ0n) is 17.8. The van der Waals surface area contributed by atoms with E-state index in [4.69, 9.17) is 0 Å². The molecule has 0 amide bonds. The van der Waals surface area contributed by atoms with Crippen molar-refractivity contribution in [2.75, 3.05) is 4.90 Å². The zero-order chi connectivity index (χ0) is 23.6. The lowest BCUT2D eigenvalue weighted by Crippen LogP contribution is -2.08. The van der Waals surface area contributed by atoms with Crippen molar-refractivity contribution >= 4 is 29.2 Å². The zero-order valence-corrected chi connectivity index (χ0v) is 17.8. The Morgan fingerprint density at radius 2 is 1.28 bits per heavy atom. The third-order valence-electron chi connectivity index (χ3n) is 4.74. The maximum absolute atomic E-state index is 13.4. The second kappa shape index (κ2) is 8.79. The summed E-state index contributed by atoms with van der Waals surface area (Å²) in [5.41, 5.74) is 1.31. The number of hydrogen-bond acceptors (Lipinski definition) is 7. The number of nitro groups is 2. The summed E-state index contributed by atoms with van der Waals surface area (Å²) >= 11 is 0. The van der Waals surface area contributed by atoms with Crippen LogP contribution in [-0.2, 0) is 14.1 Å². The smallest absolute Gasteiger partial charge is 0.317 e. The number of aryl methyl sites for hydroxylation is 4. The molecule has 3 aromatic rings. The van der Waals surface area contributed by atoms with Crippen LogP contribution in [0.4, 0.5) is 21.5 Å². The molecule has 0 saturated carbocycles. The molecule has 166 valence electrons. The SMILES string of the molecule is Cc1nn(C)c(/C=C/N(/C=C/c2c([N+](=O)[O-])c(C)nn2C)c2ccc(F)cc2)c1[N+](=O)[O-]. The number of aromatic nitrogens is 4. The Labute approximate surface area is 182 Å². The van der Waals surface area contributed by atoms with Crippen LogP contribution in [0.3, 0.4) is 0 Å². The van der Waals surface area contributed by atoms with Gasteiger partial charge in [-0.1, -0.05) is 0 Å². The molecule has 0 aliphatic rings. The second-order valence-electron chi connectivity index (χ2n) is 6.92. The lowest BCUT2D eigenvalue weighted by atomic mass is 10.2. The Balaban J connectivity index is 2.07. The quantitative estimate of drug-likeness (QED) is 0.402. The Bertz CT molecular complexity index is 1170. The average molecular weight is 441 g/mol. The minimum absolute atomic E-state index is 0.135. The van der Waals surface area contributed by atoms with Crippen LogP contribution in [-0.4, -0.2) is 29.4 Å². The van der Waals surface area contributed by atoms with Gasteiger partial charge in [0, 0.05) is 32.2 Å². The van der Waals surface area contributed by atoms with E-state index < -0.39 is 15.7 Å². The van der Waals surface area contributed by atoms with Gasteiger partial charge in [-0.05, 0) is 50.3 Å². The molecule has 32 heavy (non-hydrogen) atoms. The molecule has 0 atom stereocenters. The van der Waals surface area contributed by atoms with E-state index in [1.807, 2.05) is 0 Å². The number of halogens is 1. The Morgan fingerprint density at radius 3 is 1.66 bits per heavy atom. The summed E-state index contributed by atoms with van der Waals surface area (Å²) in [6.07, 6.45) is 6.05. The van der Waals surface area contributed by atoms with Gasteiger partial charge in [-0.3, -0.25) is 29.6 Å². The van der Waals surface area contributed by atoms with E-state index in [9.17, 15) is 24.6 Å². The third-order valence-corrected chi connectivity index (χ3v) is 4.74. The molecule has 1 aromatic carbocycles. The molecule has 0 N–H and O–H groups in total. The molecule has 0 saturated heterocycles. The Morgan fingerprint density at radius 1 is 0.875 bits per heavy atom. The number of rotatable bonds is 7. The molecule has 2 heterocycles. The molecule has 12 heteroatoms.